The third kappa shape index (κ3) is 3.73. The SMILES string of the molecule is Cc1nn2c(-c3cccc(S(=O)(=O)N4CCN(c5ccccc5)CC4)c3)nnc2c2ccccc12. The first-order valence-electron chi connectivity index (χ1n) is 11.5. The second kappa shape index (κ2) is 8.44. The van der Waals surface area contributed by atoms with Crippen molar-refractivity contribution < 1.29 is 8.42 Å². The van der Waals surface area contributed by atoms with E-state index in [9.17, 15) is 8.42 Å². The molecule has 1 saturated heterocycles. The van der Waals surface area contributed by atoms with Crippen molar-refractivity contribution in [2.75, 3.05) is 31.1 Å². The van der Waals surface area contributed by atoms with Gasteiger partial charge < -0.3 is 4.90 Å². The van der Waals surface area contributed by atoms with Gasteiger partial charge in [-0.25, -0.2) is 8.42 Å². The van der Waals surface area contributed by atoms with Gasteiger partial charge in [0.15, 0.2) is 11.5 Å². The van der Waals surface area contributed by atoms with E-state index in [1.165, 1.54) is 0 Å². The predicted molar refractivity (Wildman–Crippen MR) is 136 cm³/mol. The molecule has 1 aliphatic rings. The minimum Gasteiger partial charge on any atom is -0.369 e. The first-order valence-corrected chi connectivity index (χ1v) is 13.0. The molecule has 0 unspecified atom stereocenters. The van der Waals surface area contributed by atoms with E-state index < -0.39 is 10.0 Å². The Morgan fingerprint density at radius 1 is 0.771 bits per heavy atom. The summed E-state index contributed by atoms with van der Waals surface area (Å²) in [5.74, 6) is 0.514. The summed E-state index contributed by atoms with van der Waals surface area (Å²) in [6.07, 6.45) is 0. The summed E-state index contributed by atoms with van der Waals surface area (Å²) in [5.41, 5.74) is 3.27. The van der Waals surface area contributed by atoms with Gasteiger partial charge in [0, 0.05) is 48.2 Å². The van der Waals surface area contributed by atoms with E-state index in [0.29, 0.717) is 43.2 Å². The van der Waals surface area contributed by atoms with Crippen molar-refractivity contribution in [3.05, 3.63) is 84.6 Å². The zero-order valence-corrected chi connectivity index (χ0v) is 20.1. The Morgan fingerprint density at radius 2 is 1.49 bits per heavy atom. The van der Waals surface area contributed by atoms with Crippen molar-refractivity contribution >= 4 is 32.1 Å². The Balaban J connectivity index is 1.32. The molecule has 0 saturated carbocycles. The van der Waals surface area contributed by atoms with Crippen LogP contribution in [0.4, 0.5) is 5.69 Å². The number of nitrogens with zero attached hydrogens (tertiary/aromatic N) is 6. The van der Waals surface area contributed by atoms with Gasteiger partial charge in [0.2, 0.25) is 10.0 Å². The monoisotopic (exact) mass is 484 g/mol. The van der Waals surface area contributed by atoms with E-state index in [1.807, 2.05) is 55.5 Å². The largest absolute Gasteiger partial charge is 0.369 e. The zero-order chi connectivity index (χ0) is 24.0. The van der Waals surface area contributed by atoms with E-state index >= 15 is 0 Å². The molecule has 1 fully saturated rings. The summed E-state index contributed by atoms with van der Waals surface area (Å²) in [7, 11) is -3.65. The van der Waals surface area contributed by atoms with Crippen molar-refractivity contribution in [3.63, 3.8) is 0 Å². The number of aromatic nitrogens is 4. The first-order chi connectivity index (χ1) is 17.0. The number of hydrogen-bond acceptors (Lipinski definition) is 6. The van der Waals surface area contributed by atoms with Crippen LogP contribution in [0.2, 0.25) is 0 Å². The van der Waals surface area contributed by atoms with Crippen molar-refractivity contribution in [3.8, 4) is 11.4 Å². The molecule has 1 aliphatic heterocycles. The van der Waals surface area contributed by atoms with Crippen LogP contribution in [0.15, 0.2) is 83.8 Å². The minimum atomic E-state index is -3.65. The second-order valence-electron chi connectivity index (χ2n) is 8.64. The Kier molecular flexibility index (Phi) is 5.23. The van der Waals surface area contributed by atoms with Crippen LogP contribution in [0.25, 0.3) is 27.8 Å². The van der Waals surface area contributed by atoms with Crippen LogP contribution in [-0.2, 0) is 10.0 Å². The van der Waals surface area contributed by atoms with Crippen molar-refractivity contribution in [1.82, 2.24) is 24.1 Å². The van der Waals surface area contributed by atoms with Crippen LogP contribution in [0.5, 0.6) is 0 Å². The van der Waals surface area contributed by atoms with Crippen LogP contribution < -0.4 is 4.90 Å². The number of benzene rings is 3. The number of para-hydroxylation sites is 1. The Hall–Kier alpha value is -3.82. The molecule has 9 heteroatoms. The first kappa shape index (κ1) is 21.7. The van der Waals surface area contributed by atoms with E-state index in [4.69, 9.17) is 0 Å². The van der Waals surface area contributed by atoms with E-state index in [2.05, 4.69) is 32.3 Å². The molecule has 0 N–H and O–H groups in total. The van der Waals surface area contributed by atoms with Crippen LogP contribution in [-0.4, -0.2) is 58.7 Å². The van der Waals surface area contributed by atoms with E-state index in [1.54, 1.807) is 27.0 Å². The molecule has 0 radical (unpaired) electrons. The summed E-state index contributed by atoms with van der Waals surface area (Å²) in [6, 6.07) is 24.9. The average molecular weight is 485 g/mol. The molecular formula is C26H24N6O2S. The lowest BCUT2D eigenvalue weighted by Gasteiger charge is -2.35. The van der Waals surface area contributed by atoms with Gasteiger partial charge in [0.05, 0.1) is 10.6 Å². The van der Waals surface area contributed by atoms with Gasteiger partial charge in [-0.1, -0.05) is 54.6 Å². The van der Waals surface area contributed by atoms with E-state index in [-0.39, 0.29) is 4.90 Å². The maximum Gasteiger partial charge on any atom is 0.243 e. The summed E-state index contributed by atoms with van der Waals surface area (Å²) in [5, 5.41) is 15.4. The van der Waals surface area contributed by atoms with E-state index in [0.717, 1.165) is 22.2 Å². The average Bonchev–Trinajstić information content (AvgIpc) is 3.33. The number of rotatable bonds is 4. The molecule has 3 aromatic carbocycles. The number of aryl methyl sites for hydroxylation is 1. The maximum absolute atomic E-state index is 13.5. The molecule has 0 atom stereocenters. The molecule has 0 spiro atoms. The highest BCUT2D eigenvalue weighted by Crippen LogP contribution is 2.27. The smallest absolute Gasteiger partial charge is 0.243 e. The van der Waals surface area contributed by atoms with Crippen molar-refractivity contribution in [2.24, 2.45) is 0 Å². The standard InChI is InChI=1S/C26H24N6O2S/c1-19-23-12-5-6-13-24(23)26-28-27-25(32(26)29-19)20-8-7-11-22(18-20)35(33,34)31-16-14-30(15-17-31)21-9-3-2-4-10-21/h2-13,18H,14-17H2,1H3. The summed E-state index contributed by atoms with van der Waals surface area (Å²) < 4.78 is 30.2. The van der Waals surface area contributed by atoms with Gasteiger partial charge >= 0.3 is 0 Å². The lowest BCUT2D eigenvalue weighted by Crippen LogP contribution is -2.48. The minimum absolute atomic E-state index is 0.248. The lowest BCUT2D eigenvalue weighted by molar-refractivity contribution is 0.385. The molecule has 176 valence electrons. The molecular weight excluding hydrogens is 460 g/mol. The topological polar surface area (TPSA) is 83.7 Å². The third-order valence-electron chi connectivity index (χ3n) is 6.54. The summed E-state index contributed by atoms with van der Waals surface area (Å²) >= 11 is 0. The van der Waals surface area contributed by atoms with Gasteiger partial charge in [0.25, 0.3) is 0 Å². The fourth-order valence-corrected chi connectivity index (χ4v) is 6.16. The predicted octanol–water partition coefficient (Wildman–Crippen LogP) is 3.76. The zero-order valence-electron chi connectivity index (χ0n) is 19.2. The van der Waals surface area contributed by atoms with Crippen LogP contribution in [0.1, 0.15) is 5.69 Å². The number of sulfonamides is 1. The van der Waals surface area contributed by atoms with Crippen LogP contribution in [0, 0.1) is 6.92 Å². The highest BCUT2D eigenvalue weighted by Gasteiger charge is 2.29. The van der Waals surface area contributed by atoms with Gasteiger partial charge in [-0.3, -0.25) is 0 Å². The normalized spacial score (nSPS) is 15.2. The fraction of sp³-hybridized carbons (Fsp3) is 0.192. The molecule has 6 rings (SSSR count). The maximum atomic E-state index is 13.5. The molecule has 0 bridgehead atoms. The molecule has 2 aromatic heterocycles. The molecule has 0 aliphatic carbocycles. The van der Waals surface area contributed by atoms with Crippen LogP contribution >= 0.6 is 0 Å². The van der Waals surface area contributed by atoms with Gasteiger partial charge in [-0.05, 0) is 31.2 Å². The Labute approximate surface area is 203 Å². The summed E-state index contributed by atoms with van der Waals surface area (Å²) in [6.45, 7) is 4.10. The number of hydrogen-bond donors (Lipinski definition) is 0. The van der Waals surface area contributed by atoms with Crippen molar-refractivity contribution in [2.45, 2.75) is 11.8 Å². The Bertz CT molecular complexity index is 1640. The molecule has 0 amide bonds. The lowest BCUT2D eigenvalue weighted by atomic mass is 10.1. The number of piperazine rings is 1. The molecule has 35 heavy (non-hydrogen) atoms. The summed E-state index contributed by atoms with van der Waals surface area (Å²) in [4.78, 5) is 2.46. The van der Waals surface area contributed by atoms with Crippen molar-refractivity contribution in [1.29, 1.82) is 0 Å². The second-order valence-corrected chi connectivity index (χ2v) is 10.6. The molecule has 8 nitrogen and oxygen atoms in total. The highest BCUT2D eigenvalue weighted by atomic mass is 32.2. The fourth-order valence-electron chi connectivity index (χ4n) is 4.69. The quantitative estimate of drug-likeness (QED) is 0.386. The molecule has 5 aromatic rings. The third-order valence-corrected chi connectivity index (χ3v) is 8.43. The Morgan fingerprint density at radius 3 is 2.26 bits per heavy atom. The van der Waals surface area contributed by atoms with Gasteiger partial charge in [-0.15, -0.1) is 10.2 Å². The van der Waals surface area contributed by atoms with Gasteiger partial charge in [0.1, 0.15) is 0 Å². The molecule has 3 heterocycles. The number of fused-ring (bicyclic) bond motifs is 3. The number of anilines is 1. The van der Waals surface area contributed by atoms with Gasteiger partial charge in [-0.2, -0.15) is 13.9 Å². The van der Waals surface area contributed by atoms with Crippen LogP contribution in [0.3, 0.4) is 0 Å². The highest BCUT2D eigenvalue weighted by molar-refractivity contribution is 7.89.